The summed E-state index contributed by atoms with van der Waals surface area (Å²) in [6, 6.07) is 11.1. The van der Waals surface area contributed by atoms with E-state index in [0.29, 0.717) is 5.69 Å². The number of benzene rings is 2. The van der Waals surface area contributed by atoms with E-state index in [9.17, 15) is 19.7 Å². The van der Waals surface area contributed by atoms with Crippen LogP contribution in [0.25, 0.3) is 0 Å². The van der Waals surface area contributed by atoms with Crippen LogP contribution < -0.4 is 9.64 Å². The van der Waals surface area contributed by atoms with Crippen molar-refractivity contribution in [3.05, 3.63) is 63.2 Å². The monoisotopic (exact) mass is 411 g/mol. The van der Waals surface area contributed by atoms with Gasteiger partial charge in [-0.25, -0.2) is 4.79 Å². The number of methoxy groups -OCH3 is 1. The predicted molar refractivity (Wildman–Crippen MR) is 108 cm³/mol. The predicted octanol–water partition coefficient (Wildman–Crippen LogP) is 3.32. The second-order valence-corrected chi connectivity index (χ2v) is 6.52. The second kappa shape index (κ2) is 10.0. The lowest BCUT2D eigenvalue weighted by molar-refractivity contribution is -0.384. The van der Waals surface area contributed by atoms with E-state index in [2.05, 4.69) is 0 Å². The Morgan fingerprint density at radius 1 is 1.17 bits per heavy atom. The van der Waals surface area contributed by atoms with E-state index in [4.69, 9.17) is 14.7 Å². The Bertz CT molecular complexity index is 992. The van der Waals surface area contributed by atoms with Gasteiger partial charge in [0.2, 0.25) is 0 Å². The number of amides is 1. The highest BCUT2D eigenvalue weighted by molar-refractivity contribution is 5.98. The van der Waals surface area contributed by atoms with Crippen LogP contribution in [0, 0.1) is 35.3 Å². The summed E-state index contributed by atoms with van der Waals surface area (Å²) in [5.74, 6) is -1.36. The number of non-ortho nitro benzene ring substituents is 1. The van der Waals surface area contributed by atoms with E-state index >= 15 is 0 Å². The Kier molecular flexibility index (Phi) is 7.47. The van der Waals surface area contributed by atoms with Crippen molar-refractivity contribution < 1.29 is 24.0 Å². The fourth-order valence-corrected chi connectivity index (χ4v) is 2.92. The van der Waals surface area contributed by atoms with Gasteiger partial charge < -0.3 is 14.4 Å². The molecule has 156 valence electrons. The van der Waals surface area contributed by atoms with Gasteiger partial charge in [-0.05, 0) is 43.2 Å². The Hall–Kier alpha value is -3.93. The summed E-state index contributed by atoms with van der Waals surface area (Å²) in [6.07, 6.45) is 0.103. The first-order valence-corrected chi connectivity index (χ1v) is 9.02. The molecule has 2 aromatic carbocycles. The van der Waals surface area contributed by atoms with Crippen LogP contribution in [0.15, 0.2) is 36.4 Å². The summed E-state index contributed by atoms with van der Waals surface area (Å²) in [4.78, 5) is 36.9. The lowest BCUT2D eigenvalue weighted by atomic mass is 10.1. The third-order valence-corrected chi connectivity index (χ3v) is 4.21. The molecule has 0 aromatic heterocycles. The Balaban J connectivity index is 2.20. The molecule has 0 bridgehead atoms. The van der Waals surface area contributed by atoms with Crippen LogP contribution in [-0.2, 0) is 9.53 Å². The van der Waals surface area contributed by atoms with Crippen molar-refractivity contribution in [1.29, 1.82) is 5.26 Å². The molecule has 0 aliphatic rings. The van der Waals surface area contributed by atoms with Crippen molar-refractivity contribution in [2.24, 2.45) is 0 Å². The first-order valence-electron chi connectivity index (χ1n) is 9.02. The smallest absolute Gasteiger partial charge is 0.342 e. The summed E-state index contributed by atoms with van der Waals surface area (Å²) in [5.41, 5.74) is 2.02. The van der Waals surface area contributed by atoms with Gasteiger partial charge in [0.15, 0.2) is 6.61 Å². The van der Waals surface area contributed by atoms with Crippen molar-refractivity contribution in [1.82, 2.24) is 0 Å². The van der Waals surface area contributed by atoms with Crippen molar-refractivity contribution in [3.63, 3.8) is 0 Å². The molecule has 9 nitrogen and oxygen atoms in total. The summed E-state index contributed by atoms with van der Waals surface area (Å²) in [6.45, 7) is 3.31. The van der Waals surface area contributed by atoms with E-state index in [-0.39, 0.29) is 30.0 Å². The van der Waals surface area contributed by atoms with Crippen LogP contribution in [-0.4, -0.2) is 37.1 Å². The van der Waals surface area contributed by atoms with Crippen LogP contribution in [0.1, 0.15) is 27.9 Å². The minimum Gasteiger partial charge on any atom is -0.496 e. The van der Waals surface area contributed by atoms with Gasteiger partial charge in [0.05, 0.1) is 24.5 Å². The highest BCUT2D eigenvalue weighted by atomic mass is 16.6. The minimum atomic E-state index is -0.926. The Labute approximate surface area is 173 Å². The SMILES string of the molecule is COc1ccc([N+](=O)[O-])cc1C(=O)OCC(=O)N(CCC#N)c1cc(C)cc(C)c1. The number of nitro benzene ring substituents is 1. The Morgan fingerprint density at radius 3 is 2.40 bits per heavy atom. The van der Waals surface area contributed by atoms with E-state index < -0.39 is 23.4 Å². The van der Waals surface area contributed by atoms with Crippen LogP contribution in [0.2, 0.25) is 0 Å². The molecule has 0 saturated heterocycles. The number of hydrogen-bond acceptors (Lipinski definition) is 7. The molecule has 0 fully saturated rings. The molecule has 1 amide bonds. The fraction of sp³-hybridized carbons (Fsp3) is 0.286. The maximum atomic E-state index is 12.7. The normalized spacial score (nSPS) is 10.1. The van der Waals surface area contributed by atoms with Crippen LogP contribution in [0.5, 0.6) is 5.75 Å². The Morgan fingerprint density at radius 2 is 1.83 bits per heavy atom. The quantitative estimate of drug-likeness (QED) is 0.371. The zero-order chi connectivity index (χ0) is 22.3. The number of rotatable bonds is 8. The number of aryl methyl sites for hydroxylation is 2. The lowest BCUT2D eigenvalue weighted by Gasteiger charge is -2.22. The van der Waals surface area contributed by atoms with Gasteiger partial charge in [0.25, 0.3) is 11.6 Å². The molecule has 9 heteroatoms. The second-order valence-electron chi connectivity index (χ2n) is 6.52. The van der Waals surface area contributed by atoms with Gasteiger partial charge >= 0.3 is 5.97 Å². The fourth-order valence-electron chi connectivity index (χ4n) is 2.92. The molecule has 0 aliphatic carbocycles. The average Bonchev–Trinajstić information content (AvgIpc) is 2.71. The molecule has 2 rings (SSSR count). The average molecular weight is 411 g/mol. The van der Waals surface area contributed by atoms with E-state index in [0.717, 1.165) is 17.2 Å². The van der Waals surface area contributed by atoms with E-state index in [1.807, 2.05) is 26.0 Å². The first-order chi connectivity index (χ1) is 14.3. The van der Waals surface area contributed by atoms with Crippen molar-refractivity contribution in [2.75, 3.05) is 25.2 Å². The number of nitriles is 1. The molecular formula is C21H21N3O6. The summed E-state index contributed by atoms with van der Waals surface area (Å²) >= 11 is 0. The molecule has 30 heavy (non-hydrogen) atoms. The van der Waals surface area contributed by atoms with Crippen LogP contribution in [0.4, 0.5) is 11.4 Å². The molecule has 0 spiro atoms. The molecule has 0 atom stereocenters. The third kappa shape index (κ3) is 5.54. The van der Waals surface area contributed by atoms with Gasteiger partial charge in [-0.3, -0.25) is 14.9 Å². The summed E-state index contributed by atoms with van der Waals surface area (Å²) in [7, 11) is 1.31. The number of nitrogens with zero attached hydrogens (tertiary/aromatic N) is 3. The van der Waals surface area contributed by atoms with Crippen molar-refractivity contribution in [3.8, 4) is 11.8 Å². The number of carbonyl (C=O) groups is 2. The van der Waals surface area contributed by atoms with Crippen LogP contribution >= 0.6 is 0 Å². The number of carbonyl (C=O) groups excluding carboxylic acids is 2. The maximum Gasteiger partial charge on any atom is 0.342 e. The molecule has 0 radical (unpaired) electrons. The minimum absolute atomic E-state index is 0.0914. The topological polar surface area (TPSA) is 123 Å². The number of nitro groups is 1. The zero-order valence-corrected chi connectivity index (χ0v) is 16.9. The first kappa shape index (κ1) is 22.4. The molecular weight excluding hydrogens is 390 g/mol. The van der Waals surface area contributed by atoms with Gasteiger partial charge in [0, 0.05) is 24.4 Å². The zero-order valence-electron chi connectivity index (χ0n) is 16.9. The molecule has 0 saturated carbocycles. The maximum absolute atomic E-state index is 12.7. The number of hydrogen-bond donors (Lipinski definition) is 0. The van der Waals surface area contributed by atoms with Crippen molar-refractivity contribution >= 4 is 23.3 Å². The molecule has 0 N–H and O–H groups in total. The number of esters is 1. The third-order valence-electron chi connectivity index (χ3n) is 4.21. The largest absolute Gasteiger partial charge is 0.496 e. The van der Waals surface area contributed by atoms with E-state index in [1.54, 1.807) is 12.1 Å². The van der Waals surface area contributed by atoms with Crippen LogP contribution in [0.3, 0.4) is 0 Å². The van der Waals surface area contributed by atoms with Crippen molar-refractivity contribution in [2.45, 2.75) is 20.3 Å². The molecule has 0 aliphatic heterocycles. The standard InChI is InChI=1S/C21H21N3O6/c1-14-9-15(2)11-17(10-14)23(8-4-7-22)20(25)13-30-21(26)18-12-16(24(27)28)5-6-19(18)29-3/h5-6,9-12H,4,8,13H2,1-3H3. The molecule has 0 heterocycles. The van der Waals surface area contributed by atoms with Gasteiger partial charge in [-0.15, -0.1) is 0 Å². The highest BCUT2D eigenvalue weighted by Gasteiger charge is 2.22. The number of ether oxygens (including phenoxy) is 2. The summed E-state index contributed by atoms with van der Waals surface area (Å²) in [5, 5.41) is 19.9. The molecule has 0 unspecified atom stereocenters. The van der Waals surface area contributed by atoms with Gasteiger partial charge in [-0.1, -0.05) is 6.07 Å². The van der Waals surface area contributed by atoms with E-state index in [1.165, 1.54) is 24.1 Å². The summed E-state index contributed by atoms with van der Waals surface area (Å²) < 4.78 is 10.1. The van der Waals surface area contributed by atoms with Gasteiger partial charge in [-0.2, -0.15) is 5.26 Å². The van der Waals surface area contributed by atoms with Gasteiger partial charge in [0.1, 0.15) is 11.3 Å². The lowest BCUT2D eigenvalue weighted by Crippen LogP contribution is -2.35. The highest BCUT2D eigenvalue weighted by Crippen LogP contribution is 2.25. The number of anilines is 1. The molecule has 2 aromatic rings.